The Morgan fingerprint density at radius 1 is 1.18 bits per heavy atom. The van der Waals surface area contributed by atoms with Gasteiger partial charge in [-0.25, -0.2) is 9.97 Å². The smallest absolute Gasteiger partial charge is 0.225 e. The summed E-state index contributed by atoms with van der Waals surface area (Å²) in [5.74, 6) is 2.85. The average Bonchev–Trinajstić information content (AvgIpc) is 3.39. The molecule has 0 radical (unpaired) electrons. The Morgan fingerprint density at radius 2 is 1.89 bits per heavy atom. The summed E-state index contributed by atoms with van der Waals surface area (Å²) in [6.07, 6.45) is 8.32. The highest BCUT2D eigenvalue weighted by Gasteiger charge is 2.31. The summed E-state index contributed by atoms with van der Waals surface area (Å²) in [6.45, 7) is 7.84. The van der Waals surface area contributed by atoms with E-state index >= 15 is 0 Å². The molecule has 0 N–H and O–H groups in total. The maximum Gasteiger partial charge on any atom is 0.225 e. The van der Waals surface area contributed by atoms with Gasteiger partial charge in [-0.05, 0) is 38.5 Å². The summed E-state index contributed by atoms with van der Waals surface area (Å²) >= 11 is 0. The summed E-state index contributed by atoms with van der Waals surface area (Å²) < 4.78 is 5.44. The number of amides is 1. The van der Waals surface area contributed by atoms with Gasteiger partial charge in [0.1, 0.15) is 5.82 Å². The topological polar surface area (TPSA) is 72.1 Å². The lowest BCUT2D eigenvalue weighted by molar-refractivity contribution is -0.136. The number of rotatable bonds is 4. The molecule has 0 atom stereocenters. The molecule has 3 heterocycles. The van der Waals surface area contributed by atoms with Crippen LogP contribution in [0, 0.1) is 12.8 Å². The zero-order valence-corrected chi connectivity index (χ0v) is 17.1. The summed E-state index contributed by atoms with van der Waals surface area (Å²) in [4.78, 5) is 24.3. The van der Waals surface area contributed by atoms with E-state index in [0.717, 1.165) is 67.3 Å². The van der Waals surface area contributed by atoms with Gasteiger partial charge in [0.2, 0.25) is 5.91 Å². The van der Waals surface area contributed by atoms with Crippen molar-refractivity contribution in [1.29, 1.82) is 0 Å². The molecule has 0 bridgehead atoms. The summed E-state index contributed by atoms with van der Waals surface area (Å²) in [5.41, 5.74) is 2.78. The van der Waals surface area contributed by atoms with Gasteiger partial charge in [-0.1, -0.05) is 31.8 Å². The minimum absolute atomic E-state index is 0.269. The van der Waals surface area contributed by atoms with Crippen molar-refractivity contribution in [3.63, 3.8) is 0 Å². The molecule has 1 saturated carbocycles. The van der Waals surface area contributed by atoms with E-state index in [-0.39, 0.29) is 11.8 Å². The highest BCUT2D eigenvalue weighted by molar-refractivity contribution is 5.79. The lowest BCUT2D eigenvalue weighted by atomic mass is 9.93. The molecule has 6 heteroatoms. The third-order valence-corrected chi connectivity index (χ3v) is 6.15. The minimum Gasteiger partial charge on any atom is -0.356 e. The molecule has 2 aromatic rings. The Morgan fingerprint density at radius 3 is 2.50 bits per heavy atom. The first-order chi connectivity index (χ1) is 13.5. The van der Waals surface area contributed by atoms with Crippen LogP contribution in [0.5, 0.6) is 0 Å². The quantitative estimate of drug-likeness (QED) is 0.781. The van der Waals surface area contributed by atoms with Crippen molar-refractivity contribution in [2.24, 2.45) is 5.92 Å². The molecule has 28 heavy (non-hydrogen) atoms. The van der Waals surface area contributed by atoms with Gasteiger partial charge < -0.3 is 9.42 Å². The number of nitrogens with zero attached hydrogens (tertiary/aromatic N) is 4. The van der Waals surface area contributed by atoms with Gasteiger partial charge in [-0.3, -0.25) is 4.79 Å². The average molecular weight is 383 g/mol. The monoisotopic (exact) mass is 382 g/mol. The van der Waals surface area contributed by atoms with Crippen LogP contribution in [-0.2, 0) is 4.79 Å². The van der Waals surface area contributed by atoms with E-state index in [1.807, 2.05) is 19.2 Å². The molecule has 150 valence electrons. The number of likely N-dealkylation sites (tertiary alicyclic amines) is 1. The molecule has 0 spiro atoms. The van der Waals surface area contributed by atoms with Crippen LogP contribution in [0.3, 0.4) is 0 Å². The molecule has 1 saturated heterocycles. The van der Waals surface area contributed by atoms with E-state index < -0.39 is 0 Å². The second-order valence-corrected chi connectivity index (χ2v) is 8.60. The molecule has 1 aliphatic heterocycles. The third kappa shape index (κ3) is 3.82. The fraction of sp³-hybridized carbons (Fsp3) is 0.636. The van der Waals surface area contributed by atoms with Crippen molar-refractivity contribution < 1.29 is 9.32 Å². The van der Waals surface area contributed by atoms with Crippen LogP contribution in [0.15, 0.2) is 16.8 Å². The van der Waals surface area contributed by atoms with Crippen LogP contribution in [0.2, 0.25) is 0 Å². The normalized spacial score (nSPS) is 18.9. The zero-order valence-electron chi connectivity index (χ0n) is 17.1. The van der Waals surface area contributed by atoms with Gasteiger partial charge in [0.05, 0.1) is 17.0 Å². The van der Waals surface area contributed by atoms with Crippen molar-refractivity contribution in [1.82, 2.24) is 20.0 Å². The van der Waals surface area contributed by atoms with Crippen molar-refractivity contribution in [2.45, 2.75) is 71.1 Å². The molecule has 2 aliphatic rings. The van der Waals surface area contributed by atoms with Gasteiger partial charge in [-0.15, -0.1) is 0 Å². The molecule has 1 amide bonds. The number of hydrogen-bond acceptors (Lipinski definition) is 5. The SMILES string of the molecule is Cc1cc(-c2cnc(C3CCN(C(=O)C4CCCC4)CC3)nc2C(C)C)on1. The van der Waals surface area contributed by atoms with Crippen LogP contribution in [-0.4, -0.2) is 39.0 Å². The van der Waals surface area contributed by atoms with Crippen molar-refractivity contribution in [3.05, 3.63) is 29.5 Å². The maximum atomic E-state index is 12.7. The fourth-order valence-electron chi connectivity index (χ4n) is 4.52. The van der Waals surface area contributed by atoms with Gasteiger partial charge in [0, 0.05) is 37.2 Å². The number of aryl methyl sites for hydroxylation is 1. The zero-order chi connectivity index (χ0) is 19.7. The molecular weight excluding hydrogens is 352 g/mol. The lowest BCUT2D eigenvalue weighted by Gasteiger charge is -2.33. The predicted octanol–water partition coefficient (Wildman–Crippen LogP) is 4.46. The Kier molecular flexibility index (Phi) is 5.47. The van der Waals surface area contributed by atoms with Crippen LogP contribution in [0.4, 0.5) is 0 Å². The number of hydrogen-bond donors (Lipinski definition) is 0. The van der Waals surface area contributed by atoms with Crippen LogP contribution in [0.25, 0.3) is 11.3 Å². The highest BCUT2D eigenvalue weighted by Crippen LogP contribution is 2.33. The highest BCUT2D eigenvalue weighted by atomic mass is 16.5. The van der Waals surface area contributed by atoms with Gasteiger partial charge in [0.15, 0.2) is 5.76 Å². The fourth-order valence-corrected chi connectivity index (χ4v) is 4.52. The largest absolute Gasteiger partial charge is 0.356 e. The van der Waals surface area contributed by atoms with Crippen LogP contribution in [0.1, 0.15) is 81.4 Å². The summed E-state index contributed by atoms with van der Waals surface area (Å²) in [5, 5.41) is 4.00. The first-order valence-corrected chi connectivity index (χ1v) is 10.6. The minimum atomic E-state index is 0.269. The second kappa shape index (κ2) is 8.02. The molecule has 0 unspecified atom stereocenters. The predicted molar refractivity (Wildman–Crippen MR) is 107 cm³/mol. The first kappa shape index (κ1) is 19.1. The number of piperidine rings is 1. The standard InChI is InChI=1S/C22H30N4O2/c1-14(2)20-18(19-12-15(3)25-28-19)13-23-21(24-20)16-8-10-26(11-9-16)22(27)17-6-4-5-7-17/h12-14,16-17H,4-11H2,1-3H3. The molecule has 2 fully saturated rings. The van der Waals surface area contributed by atoms with E-state index in [4.69, 9.17) is 9.51 Å². The third-order valence-electron chi connectivity index (χ3n) is 6.15. The lowest BCUT2D eigenvalue weighted by Crippen LogP contribution is -2.41. The first-order valence-electron chi connectivity index (χ1n) is 10.6. The molecule has 4 rings (SSSR count). The number of carbonyl (C=O) groups is 1. The van der Waals surface area contributed by atoms with Crippen molar-refractivity contribution >= 4 is 5.91 Å². The van der Waals surface area contributed by atoms with E-state index in [1.54, 1.807) is 0 Å². The van der Waals surface area contributed by atoms with E-state index in [2.05, 4.69) is 28.9 Å². The molecule has 6 nitrogen and oxygen atoms in total. The van der Waals surface area contributed by atoms with Crippen molar-refractivity contribution in [2.75, 3.05) is 13.1 Å². The number of carbonyl (C=O) groups excluding carboxylic acids is 1. The van der Waals surface area contributed by atoms with Crippen molar-refractivity contribution in [3.8, 4) is 11.3 Å². The Balaban J connectivity index is 1.47. The van der Waals surface area contributed by atoms with Crippen LogP contribution < -0.4 is 0 Å². The molecule has 1 aliphatic carbocycles. The number of aromatic nitrogens is 3. The molecular formula is C22H30N4O2. The van der Waals surface area contributed by atoms with Gasteiger partial charge >= 0.3 is 0 Å². The van der Waals surface area contributed by atoms with E-state index in [9.17, 15) is 4.79 Å². The Hall–Kier alpha value is -2.24. The Labute approximate surface area is 166 Å². The molecule has 2 aromatic heterocycles. The van der Waals surface area contributed by atoms with Crippen LogP contribution >= 0.6 is 0 Å². The second-order valence-electron chi connectivity index (χ2n) is 8.60. The Bertz CT molecular complexity index is 831. The van der Waals surface area contributed by atoms with E-state index in [1.165, 1.54) is 12.8 Å². The summed E-state index contributed by atoms with van der Waals surface area (Å²) in [6, 6.07) is 1.93. The summed E-state index contributed by atoms with van der Waals surface area (Å²) in [7, 11) is 0. The van der Waals surface area contributed by atoms with Gasteiger partial charge in [-0.2, -0.15) is 0 Å². The molecule has 0 aromatic carbocycles. The van der Waals surface area contributed by atoms with Gasteiger partial charge in [0.25, 0.3) is 0 Å². The van der Waals surface area contributed by atoms with E-state index in [0.29, 0.717) is 11.8 Å². The maximum absolute atomic E-state index is 12.7.